The smallest absolute Gasteiger partial charge is 0.233 e. The SMILES string of the molecule is O=C(CSc1ncn(-c2ccccc2)n1)N1CCCCCC1. The zero-order valence-electron chi connectivity index (χ0n) is 12.5. The van der Waals surface area contributed by atoms with Crippen molar-refractivity contribution in [3.8, 4) is 5.69 Å². The molecule has 1 fully saturated rings. The second-order valence-corrected chi connectivity index (χ2v) is 6.33. The van der Waals surface area contributed by atoms with E-state index in [-0.39, 0.29) is 5.91 Å². The van der Waals surface area contributed by atoms with Gasteiger partial charge in [0.15, 0.2) is 0 Å². The molecule has 0 saturated carbocycles. The van der Waals surface area contributed by atoms with Crippen molar-refractivity contribution in [2.24, 2.45) is 0 Å². The summed E-state index contributed by atoms with van der Waals surface area (Å²) in [5, 5.41) is 5.06. The van der Waals surface area contributed by atoms with Crippen LogP contribution in [0.15, 0.2) is 41.8 Å². The molecule has 0 N–H and O–H groups in total. The summed E-state index contributed by atoms with van der Waals surface area (Å²) in [7, 11) is 0. The molecule has 0 atom stereocenters. The predicted octanol–water partition coefficient (Wildman–Crippen LogP) is 2.76. The van der Waals surface area contributed by atoms with Crippen molar-refractivity contribution in [3.63, 3.8) is 0 Å². The number of carbonyl (C=O) groups excluding carboxylic acids is 1. The third kappa shape index (κ3) is 3.88. The lowest BCUT2D eigenvalue weighted by Gasteiger charge is -2.19. The highest BCUT2D eigenvalue weighted by atomic mass is 32.2. The molecule has 0 aliphatic carbocycles. The van der Waals surface area contributed by atoms with Crippen molar-refractivity contribution in [1.29, 1.82) is 0 Å². The first-order valence-corrected chi connectivity index (χ1v) is 8.69. The molecule has 1 amide bonds. The molecule has 0 unspecified atom stereocenters. The van der Waals surface area contributed by atoms with Gasteiger partial charge >= 0.3 is 0 Å². The number of benzene rings is 1. The number of rotatable bonds is 4. The van der Waals surface area contributed by atoms with Gasteiger partial charge < -0.3 is 4.90 Å². The van der Waals surface area contributed by atoms with E-state index in [1.54, 1.807) is 11.0 Å². The Hall–Kier alpha value is -1.82. The van der Waals surface area contributed by atoms with E-state index in [0.717, 1.165) is 31.6 Å². The van der Waals surface area contributed by atoms with Crippen LogP contribution in [0.2, 0.25) is 0 Å². The largest absolute Gasteiger partial charge is 0.342 e. The summed E-state index contributed by atoms with van der Waals surface area (Å²) < 4.78 is 1.73. The van der Waals surface area contributed by atoms with Gasteiger partial charge in [0.25, 0.3) is 0 Å². The van der Waals surface area contributed by atoms with Crippen LogP contribution in [0.5, 0.6) is 0 Å². The van der Waals surface area contributed by atoms with E-state index in [0.29, 0.717) is 10.9 Å². The minimum absolute atomic E-state index is 0.197. The predicted molar refractivity (Wildman–Crippen MR) is 87.1 cm³/mol. The van der Waals surface area contributed by atoms with Gasteiger partial charge in [0.05, 0.1) is 11.4 Å². The van der Waals surface area contributed by atoms with Gasteiger partial charge in [-0.2, -0.15) is 0 Å². The van der Waals surface area contributed by atoms with E-state index in [9.17, 15) is 4.79 Å². The van der Waals surface area contributed by atoms with E-state index in [1.165, 1.54) is 24.6 Å². The minimum Gasteiger partial charge on any atom is -0.342 e. The molecular weight excluding hydrogens is 296 g/mol. The average Bonchev–Trinajstić information content (AvgIpc) is 2.87. The quantitative estimate of drug-likeness (QED) is 0.814. The fourth-order valence-electron chi connectivity index (χ4n) is 2.56. The number of carbonyl (C=O) groups is 1. The van der Waals surface area contributed by atoms with Gasteiger partial charge in [-0.1, -0.05) is 42.8 Å². The van der Waals surface area contributed by atoms with Crippen LogP contribution in [0.1, 0.15) is 25.7 Å². The van der Waals surface area contributed by atoms with Gasteiger partial charge in [-0.05, 0) is 25.0 Å². The van der Waals surface area contributed by atoms with E-state index in [4.69, 9.17) is 0 Å². The number of aromatic nitrogens is 3. The Balaban J connectivity index is 1.55. The first kappa shape index (κ1) is 15.1. The molecule has 2 aromatic rings. The van der Waals surface area contributed by atoms with Crippen molar-refractivity contribution in [3.05, 3.63) is 36.7 Å². The van der Waals surface area contributed by atoms with Crippen LogP contribution < -0.4 is 0 Å². The van der Waals surface area contributed by atoms with Crippen molar-refractivity contribution in [1.82, 2.24) is 19.7 Å². The van der Waals surface area contributed by atoms with E-state index in [1.807, 2.05) is 35.2 Å². The fourth-order valence-corrected chi connectivity index (χ4v) is 3.26. The van der Waals surface area contributed by atoms with Crippen LogP contribution in [0, 0.1) is 0 Å². The third-order valence-electron chi connectivity index (χ3n) is 3.78. The van der Waals surface area contributed by atoms with Gasteiger partial charge in [-0.25, -0.2) is 9.67 Å². The molecule has 0 bridgehead atoms. The minimum atomic E-state index is 0.197. The maximum Gasteiger partial charge on any atom is 0.233 e. The molecule has 22 heavy (non-hydrogen) atoms. The number of amides is 1. The summed E-state index contributed by atoms with van der Waals surface area (Å²) in [5.41, 5.74) is 0.973. The van der Waals surface area contributed by atoms with Crippen LogP contribution in [0.4, 0.5) is 0 Å². The molecular formula is C16H20N4OS. The molecule has 0 spiro atoms. The van der Waals surface area contributed by atoms with Gasteiger partial charge in [0, 0.05) is 13.1 Å². The Morgan fingerprint density at radius 3 is 2.55 bits per heavy atom. The molecule has 1 aromatic carbocycles. The summed E-state index contributed by atoms with van der Waals surface area (Å²) in [6.07, 6.45) is 6.41. The summed E-state index contributed by atoms with van der Waals surface area (Å²) in [5.74, 6) is 0.613. The summed E-state index contributed by atoms with van der Waals surface area (Å²) in [4.78, 5) is 18.5. The molecule has 116 valence electrons. The number of para-hydroxylation sites is 1. The van der Waals surface area contributed by atoms with Crippen molar-refractivity contribution >= 4 is 17.7 Å². The Bertz CT molecular complexity index is 606. The first-order valence-electron chi connectivity index (χ1n) is 7.70. The topological polar surface area (TPSA) is 51.0 Å². The van der Waals surface area contributed by atoms with Crippen LogP contribution in [-0.4, -0.2) is 44.4 Å². The molecule has 0 radical (unpaired) electrons. The number of hydrogen-bond donors (Lipinski definition) is 0. The van der Waals surface area contributed by atoms with Crippen molar-refractivity contribution < 1.29 is 4.79 Å². The van der Waals surface area contributed by atoms with Gasteiger partial charge in [0.2, 0.25) is 11.1 Å². The molecule has 1 aliphatic rings. The molecule has 1 aliphatic heterocycles. The molecule has 2 heterocycles. The van der Waals surface area contributed by atoms with E-state index in [2.05, 4.69) is 10.1 Å². The monoisotopic (exact) mass is 316 g/mol. The molecule has 1 aromatic heterocycles. The Morgan fingerprint density at radius 2 is 1.82 bits per heavy atom. The lowest BCUT2D eigenvalue weighted by molar-refractivity contribution is -0.128. The fraction of sp³-hybridized carbons (Fsp3) is 0.438. The number of likely N-dealkylation sites (tertiary alicyclic amines) is 1. The van der Waals surface area contributed by atoms with Crippen molar-refractivity contribution in [2.75, 3.05) is 18.8 Å². The highest BCUT2D eigenvalue weighted by Gasteiger charge is 2.16. The van der Waals surface area contributed by atoms with Crippen LogP contribution in [0.3, 0.4) is 0 Å². The van der Waals surface area contributed by atoms with Crippen molar-refractivity contribution in [2.45, 2.75) is 30.8 Å². The number of nitrogens with zero attached hydrogens (tertiary/aromatic N) is 4. The lowest BCUT2D eigenvalue weighted by Crippen LogP contribution is -2.33. The highest BCUT2D eigenvalue weighted by Crippen LogP contribution is 2.16. The lowest BCUT2D eigenvalue weighted by atomic mass is 10.2. The second kappa shape index (κ2) is 7.45. The number of hydrogen-bond acceptors (Lipinski definition) is 4. The number of thioether (sulfide) groups is 1. The maximum atomic E-state index is 12.2. The van der Waals surface area contributed by atoms with Gasteiger partial charge in [-0.3, -0.25) is 4.79 Å². The van der Waals surface area contributed by atoms with E-state index >= 15 is 0 Å². The maximum absolute atomic E-state index is 12.2. The average molecular weight is 316 g/mol. The normalized spacial score (nSPS) is 15.5. The molecule has 1 saturated heterocycles. The summed E-state index contributed by atoms with van der Waals surface area (Å²) in [6.45, 7) is 1.79. The standard InChI is InChI=1S/C16H20N4OS/c21-15(19-10-6-1-2-7-11-19)12-22-16-17-13-20(18-16)14-8-4-3-5-9-14/h3-5,8-9,13H,1-2,6-7,10-12H2. The Morgan fingerprint density at radius 1 is 1.09 bits per heavy atom. The van der Waals surface area contributed by atoms with Gasteiger partial charge in [0.1, 0.15) is 6.33 Å². The first-order chi connectivity index (χ1) is 10.8. The summed E-state index contributed by atoms with van der Waals surface area (Å²) in [6, 6.07) is 9.85. The Kier molecular flexibility index (Phi) is 5.11. The molecule has 6 heteroatoms. The third-order valence-corrected chi connectivity index (χ3v) is 4.61. The molecule has 3 rings (SSSR count). The van der Waals surface area contributed by atoms with Crippen LogP contribution >= 0.6 is 11.8 Å². The highest BCUT2D eigenvalue weighted by molar-refractivity contribution is 7.99. The second-order valence-electron chi connectivity index (χ2n) is 5.39. The van der Waals surface area contributed by atoms with E-state index < -0.39 is 0 Å². The zero-order valence-corrected chi connectivity index (χ0v) is 13.3. The van der Waals surface area contributed by atoms with Gasteiger partial charge in [-0.15, -0.1) is 5.10 Å². The zero-order chi connectivity index (χ0) is 15.2. The summed E-state index contributed by atoms with van der Waals surface area (Å²) >= 11 is 1.41. The molecule has 5 nitrogen and oxygen atoms in total. The Labute approximate surface area is 134 Å². The van der Waals surface area contributed by atoms with Crippen LogP contribution in [-0.2, 0) is 4.79 Å². The van der Waals surface area contributed by atoms with Crippen LogP contribution in [0.25, 0.3) is 5.69 Å².